The van der Waals surface area contributed by atoms with E-state index in [1.54, 1.807) is 12.1 Å². The first-order chi connectivity index (χ1) is 12.6. The molecule has 4 N–H and O–H groups in total. The van der Waals surface area contributed by atoms with E-state index >= 15 is 0 Å². The molecule has 26 heavy (non-hydrogen) atoms. The summed E-state index contributed by atoms with van der Waals surface area (Å²) < 4.78 is 5.06. The number of amides is 2. The minimum absolute atomic E-state index is 0.00735. The monoisotopic (exact) mass is 353 g/mol. The Bertz CT molecular complexity index is 783. The smallest absolute Gasteiger partial charge is 0.291 e. The second-order valence-electron chi connectivity index (χ2n) is 7.28. The third-order valence-corrected chi connectivity index (χ3v) is 5.71. The topological polar surface area (TPSA) is 97.4 Å². The number of carbonyl (C=O) groups excluding carboxylic acids is 2. The van der Waals surface area contributed by atoms with E-state index in [2.05, 4.69) is 10.6 Å². The first kappa shape index (κ1) is 16.8. The summed E-state index contributed by atoms with van der Waals surface area (Å²) in [5.41, 5.74) is 7.89. The average molecular weight is 353 g/mol. The van der Waals surface area contributed by atoms with Crippen LogP contribution in [-0.2, 0) is 11.3 Å². The second kappa shape index (κ2) is 6.96. The molecule has 2 bridgehead atoms. The van der Waals surface area contributed by atoms with E-state index in [0.29, 0.717) is 24.1 Å². The lowest BCUT2D eigenvalue weighted by Crippen LogP contribution is -2.45. The van der Waals surface area contributed by atoms with E-state index in [1.165, 1.54) is 12.7 Å². The van der Waals surface area contributed by atoms with Crippen LogP contribution in [0.25, 0.3) is 0 Å². The van der Waals surface area contributed by atoms with Crippen LogP contribution in [-0.4, -0.2) is 17.9 Å². The van der Waals surface area contributed by atoms with Crippen LogP contribution in [0.4, 0.5) is 5.69 Å². The summed E-state index contributed by atoms with van der Waals surface area (Å²) in [6.07, 6.45) is 4.85. The van der Waals surface area contributed by atoms with Crippen molar-refractivity contribution in [2.24, 2.45) is 23.5 Å². The number of furan rings is 1. The molecule has 0 saturated heterocycles. The summed E-state index contributed by atoms with van der Waals surface area (Å²) in [5, 5.41) is 5.79. The van der Waals surface area contributed by atoms with Gasteiger partial charge >= 0.3 is 0 Å². The van der Waals surface area contributed by atoms with Gasteiger partial charge in [-0.05, 0) is 60.9 Å². The number of fused-ring (bicyclic) bond motifs is 2. The van der Waals surface area contributed by atoms with E-state index in [0.717, 1.165) is 18.4 Å². The molecular weight excluding hydrogens is 330 g/mol. The van der Waals surface area contributed by atoms with Gasteiger partial charge < -0.3 is 20.8 Å². The van der Waals surface area contributed by atoms with Gasteiger partial charge in [0.15, 0.2) is 5.76 Å². The minimum atomic E-state index is -0.290. The van der Waals surface area contributed by atoms with Crippen LogP contribution in [0.3, 0.4) is 0 Å². The summed E-state index contributed by atoms with van der Waals surface area (Å²) in [5.74, 6) is 0.979. The standard InChI is InChI=1S/C20H23N3O3/c21-18-14-6-5-13(10-14)17(18)20(25)22-11-12-3-7-15(8-4-12)23-19(24)16-2-1-9-26-16/h1-4,7-9,13-14,17-18H,5-6,10-11,21H2,(H,22,25)(H,23,24). The minimum Gasteiger partial charge on any atom is -0.459 e. The molecule has 1 aromatic carbocycles. The number of hydrogen-bond acceptors (Lipinski definition) is 4. The molecule has 2 saturated carbocycles. The van der Waals surface area contributed by atoms with E-state index < -0.39 is 0 Å². The number of rotatable bonds is 5. The van der Waals surface area contributed by atoms with Gasteiger partial charge in [-0.3, -0.25) is 9.59 Å². The highest BCUT2D eigenvalue weighted by atomic mass is 16.3. The lowest BCUT2D eigenvalue weighted by Gasteiger charge is -2.27. The van der Waals surface area contributed by atoms with Gasteiger partial charge in [0.1, 0.15) is 0 Å². The van der Waals surface area contributed by atoms with Crippen LogP contribution < -0.4 is 16.4 Å². The van der Waals surface area contributed by atoms with Crippen molar-refractivity contribution in [3.05, 3.63) is 54.0 Å². The molecule has 0 spiro atoms. The molecule has 2 fully saturated rings. The number of carbonyl (C=O) groups is 2. The Kier molecular flexibility index (Phi) is 4.51. The predicted octanol–water partition coefficient (Wildman–Crippen LogP) is 2.52. The summed E-state index contributed by atoms with van der Waals surface area (Å²) >= 11 is 0. The van der Waals surface area contributed by atoms with Crippen molar-refractivity contribution in [2.45, 2.75) is 31.8 Å². The lowest BCUT2D eigenvalue weighted by atomic mass is 9.84. The van der Waals surface area contributed by atoms with Crippen LogP contribution in [0.15, 0.2) is 47.1 Å². The predicted molar refractivity (Wildman–Crippen MR) is 97.2 cm³/mol. The fourth-order valence-corrected chi connectivity index (χ4v) is 4.34. The van der Waals surface area contributed by atoms with Crippen molar-refractivity contribution < 1.29 is 14.0 Å². The lowest BCUT2D eigenvalue weighted by molar-refractivity contribution is -0.127. The molecule has 6 heteroatoms. The van der Waals surface area contributed by atoms with Crippen LogP contribution >= 0.6 is 0 Å². The van der Waals surface area contributed by atoms with Gasteiger partial charge in [-0.1, -0.05) is 12.1 Å². The molecule has 136 valence electrons. The Hall–Kier alpha value is -2.60. The third kappa shape index (κ3) is 3.24. The van der Waals surface area contributed by atoms with E-state index in [4.69, 9.17) is 10.2 Å². The summed E-state index contributed by atoms with van der Waals surface area (Å²) in [4.78, 5) is 24.4. The Morgan fingerprint density at radius 1 is 1.12 bits per heavy atom. The highest BCUT2D eigenvalue weighted by Gasteiger charge is 2.48. The molecule has 4 rings (SSSR count). The van der Waals surface area contributed by atoms with E-state index in [-0.39, 0.29) is 29.5 Å². The number of benzene rings is 1. The Balaban J connectivity index is 1.30. The molecule has 2 aliphatic carbocycles. The fourth-order valence-electron chi connectivity index (χ4n) is 4.34. The van der Waals surface area contributed by atoms with Gasteiger partial charge in [0.05, 0.1) is 12.2 Å². The van der Waals surface area contributed by atoms with Crippen LogP contribution in [0.5, 0.6) is 0 Å². The maximum absolute atomic E-state index is 12.5. The molecule has 0 radical (unpaired) electrons. The van der Waals surface area contributed by atoms with Crippen molar-refractivity contribution in [3.8, 4) is 0 Å². The first-order valence-corrected chi connectivity index (χ1v) is 9.09. The average Bonchev–Trinajstić information content (AvgIpc) is 3.38. The zero-order valence-corrected chi connectivity index (χ0v) is 14.5. The molecule has 4 unspecified atom stereocenters. The number of nitrogens with two attached hydrogens (primary N) is 1. The zero-order chi connectivity index (χ0) is 18.1. The van der Waals surface area contributed by atoms with Crippen LogP contribution in [0.2, 0.25) is 0 Å². The Morgan fingerprint density at radius 3 is 2.54 bits per heavy atom. The molecule has 2 aliphatic rings. The third-order valence-electron chi connectivity index (χ3n) is 5.71. The van der Waals surface area contributed by atoms with Crippen molar-refractivity contribution in [3.63, 3.8) is 0 Å². The summed E-state index contributed by atoms with van der Waals surface area (Å²) in [6.45, 7) is 0.464. The molecule has 2 amide bonds. The van der Waals surface area contributed by atoms with Gasteiger partial charge in [0.25, 0.3) is 5.91 Å². The largest absolute Gasteiger partial charge is 0.459 e. The molecule has 4 atom stereocenters. The normalized spacial score (nSPS) is 26.7. The van der Waals surface area contributed by atoms with Gasteiger partial charge in [0, 0.05) is 18.3 Å². The van der Waals surface area contributed by atoms with Crippen molar-refractivity contribution >= 4 is 17.5 Å². The Morgan fingerprint density at radius 2 is 1.88 bits per heavy atom. The maximum atomic E-state index is 12.5. The zero-order valence-electron chi connectivity index (χ0n) is 14.5. The summed E-state index contributed by atoms with van der Waals surface area (Å²) in [6, 6.07) is 10.7. The number of nitrogens with one attached hydrogen (secondary N) is 2. The SMILES string of the molecule is NC1C2CCC(C2)C1C(=O)NCc1ccc(NC(=O)c2ccco2)cc1. The van der Waals surface area contributed by atoms with E-state index in [9.17, 15) is 9.59 Å². The van der Waals surface area contributed by atoms with Crippen LogP contribution in [0.1, 0.15) is 35.4 Å². The first-order valence-electron chi connectivity index (χ1n) is 9.09. The molecule has 0 aliphatic heterocycles. The maximum Gasteiger partial charge on any atom is 0.291 e. The molecule has 1 heterocycles. The molecule has 2 aromatic rings. The quantitative estimate of drug-likeness (QED) is 0.769. The highest BCUT2D eigenvalue weighted by Crippen LogP contribution is 2.47. The van der Waals surface area contributed by atoms with Gasteiger partial charge in [-0.25, -0.2) is 0 Å². The molecule has 6 nitrogen and oxygen atoms in total. The van der Waals surface area contributed by atoms with Crippen LogP contribution in [0, 0.1) is 17.8 Å². The second-order valence-corrected chi connectivity index (χ2v) is 7.28. The van der Waals surface area contributed by atoms with E-state index in [1.807, 2.05) is 24.3 Å². The molecular formula is C20H23N3O3. The van der Waals surface area contributed by atoms with Gasteiger partial charge in [-0.15, -0.1) is 0 Å². The fraction of sp³-hybridized carbons (Fsp3) is 0.400. The number of hydrogen-bond donors (Lipinski definition) is 3. The van der Waals surface area contributed by atoms with Crippen molar-refractivity contribution in [1.82, 2.24) is 5.32 Å². The van der Waals surface area contributed by atoms with Crippen molar-refractivity contribution in [2.75, 3.05) is 5.32 Å². The van der Waals surface area contributed by atoms with Crippen molar-refractivity contribution in [1.29, 1.82) is 0 Å². The van der Waals surface area contributed by atoms with Gasteiger partial charge in [0.2, 0.25) is 5.91 Å². The highest BCUT2D eigenvalue weighted by molar-refractivity contribution is 6.02. The van der Waals surface area contributed by atoms with Gasteiger partial charge in [-0.2, -0.15) is 0 Å². The summed E-state index contributed by atoms with van der Waals surface area (Å²) in [7, 11) is 0. The molecule has 1 aromatic heterocycles. The Labute approximate surface area is 152 Å². The number of anilines is 1.